The van der Waals surface area contributed by atoms with Gasteiger partial charge in [0.1, 0.15) is 11.4 Å². The Balaban J connectivity index is 1.54. The van der Waals surface area contributed by atoms with Crippen molar-refractivity contribution in [2.24, 2.45) is 0 Å². The highest BCUT2D eigenvalue weighted by Gasteiger charge is 2.24. The van der Waals surface area contributed by atoms with Gasteiger partial charge in [0.05, 0.1) is 6.20 Å². The number of carbonyl (C=O) groups excluding carboxylic acids is 1. The van der Waals surface area contributed by atoms with Crippen LogP contribution < -0.4 is 15.0 Å². The first-order chi connectivity index (χ1) is 13.3. The van der Waals surface area contributed by atoms with Crippen molar-refractivity contribution in [2.45, 2.75) is 45.3 Å². The van der Waals surface area contributed by atoms with Gasteiger partial charge in [-0.2, -0.15) is 9.37 Å². The van der Waals surface area contributed by atoms with Crippen molar-refractivity contribution in [3.8, 4) is 11.6 Å². The molecule has 1 aliphatic rings. The number of nitrogens with one attached hydrogen (secondary N) is 1. The fourth-order valence-electron chi connectivity index (χ4n) is 2.78. The summed E-state index contributed by atoms with van der Waals surface area (Å²) in [4.78, 5) is 26.2. The van der Waals surface area contributed by atoms with Crippen LogP contribution in [0.4, 0.5) is 15.1 Å². The first kappa shape index (κ1) is 19.8. The van der Waals surface area contributed by atoms with Crippen LogP contribution in [0.5, 0.6) is 11.6 Å². The van der Waals surface area contributed by atoms with Crippen molar-refractivity contribution >= 4 is 12.0 Å². The predicted molar refractivity (Wildman–Crippen MR) is 101 cm³/mol. The smallest absolute Gasteiger partial charge is 0.407 e. The zero-order valence-electron chi connectivity index (χ0n) is 16.2. The number of hydrogen-bond acceptors (Lipinski definition) is 7. The normalized spacial score (nSPS) is 15.2. The van der Waals surface area contributed by atoms with Gasteiger partial charge in [0, 0.05) is 31.4 Å². The third kappa shape index (κ3) is 5.77. The van der Waals surface area contributed by atoms with Gasteiger partial charge in [0.25, 0.3) is 0 Å². The summed E-state index contributed by atoms with van der Waals surface area (Å²) < 4.78 is 23.8. The highest BCUT2D eigenvalue weighted by Crippen LogP contribution is 2.22. The second kappa shape index (κ2) is 8.37. The number of anilines is 1. The summed E-state index contributed by atoms with van der Waals surface area (Å²) in [6, 6.07) is 4.39. The Bertz CT molecular complexity index is 802. The van der Waals surface area contributed by atoms with Crippen molar-refractivity contribution in [2.75, 3.05) is 18.0 Å². The van der Waals surface area contributed by atoms with E-state index in [4.69, 9.17) is 9.47 Å². The molecular weight excluding hydrogens is 365 g/mol. The maximum Gasteiger partial charge on any atom is 0.407 e. The van der Waals surface area contributed by atoms with Crippen LogP contribution in [0.2, 0.25) is 0 Å². The first-order valence-corrected chi connectivity index (χ1v) is 9.15. The minimum atomic E-state index is -0.571. The Hall–Kier alpha value is -2.97. The molecule has 0 spiro atoms. The summed E-state index contributed by atoms with van der Waals surface area (Å²) in [6.45, 7) is 6.90. The van der Waals surface area contributed by atoms with E-state index in [1.165, 1.54) is 18.3 Å². The van der Waals surface area contributed by atoms with Gasteiger partial charge in [0.2, 0.25) is 17.8 Å². The maximum atomic E-state index is 12.9. The molecule has 3 rings (SSSR count). The third-order valence-corrected chi connectivity index (χ3v) is 4.04. The average molecular weight is 389 g/mol. The van der Waals surface area contributed by atoms with Gasteiger partial charge in [-0.1, -0.05) is 0 Å². The summed E-state index contributed by atoms with van der Waals surface area (Å²) in [5.74, 6) is 0.723. The minimum absolute atomic E-state index is 0.0517. The Labute approximate surface area is 163 Å². The van der Waals surface area contributed by atoms with Crippen molar-refractivity contribution in [1.82, 2.24) is 20.3 Å². The molecule has 0 unspecified atom stereocenters. The SMILES string of the molecule is CC(C)(C)OC(=O)NC1CCN(c2nccc(Oc3ccc(F)nc3)n2)CC1. The molecule has 28 heavy (non-hydrogen) atoms. The Kier molecular flexibility index (Phi) is 5.91. The summed E-state index contributed by atoms with van der Waals surface area (Å²) in [5.41, 5.74) is -0.515. The number of halogens is 1. The molecule has 0 aliphatic carbocycles. The predicted octanol–water partition coefficient (Wildman–Crippen LogP) is 3.30. The van der Waals surface area contributed by atoms with Crippen molar-refractivity contribution in [3.05, 3.63) is 36.5 Å². The van der Waals surface area contributed by atoms with Crippen LogP contribution >= 0.6 is 0 Å². The average Bonchev–Trinajstić information content (AvgIpc) is 2.63. The molecule has 150 valence electrons. The number of hydrogen-bond donors (Lipinski definition) is 1. The third-order valence-electron chi connectivity index (χ3n) is 4.04. The molecule has 3 heterocycles. The Morgan fingerprint density at radius 2 is 1.96 bits per heavy atom. The van der Waals surface area contributed by atoms with Crippen LogP contribution in [-0.2, 0) is 4.74 Å². The summed E-state index contributed by atoms with van der Waals surface area (Å²) in [6.07, 6.45) is 4.03. The number of alkyl carbamates (subject to hydrolysis) is 1. The van der Waals surface area contributed by atoms with Crippen LogP contribution in [0, 0.1) is 5.95 Å². The number of pyridine rings is 1. The number of amides is 1. The number of piperidine rings is 1. The van der Waals surface area contributed by atoms with E-state index in [2.05, 4.69) is 20.3 Å². The van der Waals surface area contributed by atoms with Gasteiger partial charge >= 0.3 is 6.09 Å². The molecule has 1 N–H and O–H groups in total. The van der Waals surface area contributed by atoms with E-state index in [1.807, 2.05) is 25.7 Å². The van der Waals surface area contributed by atoms with E-state index in [9.17, 15) is 9.18 Å². The van der Waals surface area contributed by atoms with E-state index < -0.39 is 17.6 Å². The molecule has 1 fully saturated rings. The highest BCUT2D eigenvalue weighted by molar-refractivity contribution is 5.68. The van der Waals surface area contributed by atoms with Crippen LogP contribution in [0.15, 0.2) is 30.6 Å². The fraction of sp³-hybridized carbons (Fsp3) is 0.474. The lowest BCUT2D eigenvalue weighted by atomic mass is 10.1. The summed E-state index contributed by atoms with van der Waals surface area (Å²) in [7, 11) is 0. The van der Waals surface area contributed by atoms with E-state index in [1.54, 1.807) is 12.3 Å². The van der Waals surface area contributed by atoms with Crippen LogP contribution in [0.25, 0.3) is 0 Å². The van der Waals surface area contributed by atoms with Gasteiger partial charge in [-0.25, -0.2) is 14.8 Å². The molecule has 9 heteroatoms. The Morgan fingerprint density at radius 1 is 1.21 bits per heavy atom. The largest absolute Gasteiger partial charge is 0.444 e. The quantitative estimate of drug-likeness (QED) is 0.803. The highest BCUT2D eigenvalue weighted by atomic mass is 19.1. The van der Waals surface area contributed by atoms with Crippen LogP contribution in [-0.4, -0.2) is 45.8 Å². The van der Waals surface area contributed by atoms with Gasteiger partial charge in [-0.3, -0.25) is 0 Å². The lowest BCUT2D eigenvalue weighted by Gasteiger charge is -2.32. The second-order valence-electron chi connectivity index (χ2n) is 7.52. The zero-order chi connectivity index (χ0) is 20.1. The van der Waals surface area contributed by atoms with E-state index in [0.717, 1.165) is 12.8 Å². The first-order valence-electron chi connectivity index (χ1n) is 9.15. The molecule has 0 saturated carbocycles. The van der Waals surface area contributed by atoms with Gasteiger partial charge in [0.15, 0.2) is 0 Å². The molecule has 1 aliphatic heterocycles. The van der Waals surface area contributed by atoms with Crippen LogP contribution in [0.1, 0.15) is 33.6 Å². The van der Waals surface area contributed by atoms with Crippen molar-refractivity contribution in [1.29, 1.82) is 0 Å². The standard InChI is InChI=1S/C19H24FN5O3/c1-19(2,3)28-18(26)23-13-7-10-25(11-8-13)17-21-9-6-16(24-17)27-14-4-5-15(20)22-12-14/h4-6,9,12-13H,7-8,10-11H2,1-3H3,(H,23,26). The molecule has 2 aromatic rings. The number of nitrogens with zero attached hydrogens (tertiary/aromatic N) is 4. The van der Waals surface area contributed by atoms with Crippen LogP contribution in [0.3, 0.4) is 0 Å². The molecular formula is C19H24FN5O3. The molecule has 8 nitrogen and oxygen atoms in total. The van der Waals surface area contributed by atoms with Crippen molar-refractivity contribution < 1.29 is 18.7 Å². The fourth-order valence-corrected chi connectivity index (χ4v) is 2.78. The Morgan fingerprint density at radius 3 is 2.61 bits per heavy atom. The molecule has 2 aromatic heterocycles. The second-order valence-corrected chi connectivity index (χ2v) is 7.52. The number of carbonyl (C=O) groups is 1. The van der Waals surface area contributed by atoms with Gasteiger partial charge in [-0.05, 0) is 45.7 Å². The summed E-state index contributed by atoms with van der Waals surface area (Å²) in [5, 5.41) is 2.91. The van der Waals surface area contributed by atoms with E-state index in [-0.39, 0.29) is 6.04 Å². The lowest BCUT2D eigenvalue weighted by molar-refractivity contribution is 0.0497. The molecule has 0 bridgehead atoms. The minimum Gasteiger partial charge on any atom is -0.444 e. The van der Waals surface area contributed by atoms with E-state index >= 15 is 0 Å². The molecule has 1 saturated heterocycles. The number of rotatable bonds is 4. The number of aromatic nitrogens is 3. The zero-order valence-corrected chi connectivity index (χ0v) is 16.2. The summed E-state index contributed by atoms with van der Waals surface area (Å²) >= 11 is 0. The maximum absolute atomic E-state index is 12.9. The lowest BCUT2D eigenvalue weighted by Crippen LogP contribution is -2.46. The van der Waals surface area contributed by atoms with E-state index in [0.29, 0.717) is 30.7 Å². The molecule has 0 aromatic carbocycles. The monoisotopic (exact) mass is 389 g/mol. The topological polar surface area (TPSA) is 89.5 Å². The van der Waals surface area contributed by atoms with Gasteiger partial charge < -0.3 is 19.7 Å². The molecule has 1 amide bonds. The van der Waals surface area contributed by atoms with Gasteiger partial charge in [-0.15, -0.1) is 0 Å². The molecule has 0 atom stereocenters. The van der Waals surface area contributed by atoms with Crippen molar-refractivity contribution in [3.63, 3.8) is 0 Å². The number of ether oxygens (including phenoxy) is 2. The molecule has 0 radical (unpaired) electrons.